The molecule has 0 aliphatic carbocycles. The molecule has 0 heterocycles. The lowest BCUT2D eigenvalue weighted by atomic mass is 10.1. The number of sulfonamides is 1. The Kier molecular flexibility index (Phi) is 7.65. The van der Waals surface area contributed by atoms with Crippen LogP contribution in [0.1, 0.15) is 40.0 Å². The summed E-state index contributed by atoms with van der Waals surface area (Å²) < 4.78 is 24.7. The second-order valence-electron chi connectivity index (χ2n) is 5.77. The van der Waals surface area contributed by atoms with E-state index in [4.69, 9.17) is 5.11 Å². The number of carboxylic acid groups (broad SMARTS) is 1. The number of carbonyl (C=O) groups excluding carboxylic acids is 1. The molecule has 1 unspecified atom stereocenters. The average molecular weight is 323 g/mol. The number of aliphatic carboxylic acids is 1. The van der Waals surface area contributed by atoms with Crippen molar-refractivity contribution < 1.29 is 23.1 Å². The van der Waals surface area contributed by atoms with E-state index in [0.717, 1.165) is 6.26 Å². The van der Waals surface area contributed by atoms with Crippen molar-refractivity contribution in [3.8, 4) is 0 Å². The second-order valence-corrected chi connectivity index (χ2v) is 7.52. The summed E-state index contributed by atoms with van der Waals surface area (Å²) in [4.78, 5) is 22.0. The normalized spacial score (nSPS) is 13.5. The third-order valence-electron chi connectivity index (χ3n) is 2.56. The van der Waals surface area contributed by atoms with Gasteiger partial charge < -0.3 is 15.7 Å². The molecule has 0 saturated heterocycles. The molecule has 1 atom stereocenters. The van der Waals surface area contributed by atoms with Gasteiger partial charge in [0.2, 0.25) is 10.0 Å². The number of nitrogens with one attached hydrogen (secondary N) is 3. The molecule has 0 rings (SSSR count). The smallest absolute Gasteiger partial charge is 0.315 e. The minimum atomic E-state index is -3.35. The fourth-order valence-electron chi connectivity index (χ4n) is 1.75. The van der Waals surface area contributed by atoms with Gasteiger partial charge in [0.1, 0.15) is 0 Å². The number of rotatable bonds is 9. The fourth-order valence-corrected chi connectivity index (χ4v) is 2.82. The molecule has 124 valence electrons. The number of hydrogen-bond acceptors (Lipinski definition) is 4. The predicted molar refractivity (Wildman–Crippen MR) is 79.5 cm³/mol. The van der Waals surface area contributed by atoms with Crippen molar-refractivity contribution in [2.75, 3.05) is 12.8 Å². The van der Waals surface area contributed by atoms with Crippen LogP contribution in [-0.2, 0) is 14.8 Å². The largest absolute Gasteiger partial charge is 0.481 e. The third-order valence-corrected chi connectivity index (χ3v) is 3.48. The van der Waals surface area contributed by atoms with Crippen molar-refractivity contribution in [1.29, 1.82) is 0 Å². The number of hydrogen-bond donors (Lipinski definition) is 4. The maximum Gasteiger partial charge on any atom is 0.315 e. The summed E-state index contributed by atoms with van der Waals surface area (Å²) >= 11 is 0. The van der Waals surface area contributed by atoms with Crippen LogP contribution in [0.3, 0.4) is 0 Å². The van der Waals surface area contributed by atoms with E-state index >= 15 is 0 Å². The lowest BCUT2D eigenvalue weighted by molar-refractivity contribution is -0.137. The monoisotopic (exact) mass is 323 g/mol. The van der Waals surface area contributed by atoms with Crippen molar-refractivity contribution in [3.63, 3.8) is 0 Å². The first-order valence-corrected chi connectivity index (χ1v) is 8.55. The molecule has 0 saturated carbocycles. The molecule has 0 fully saturated rings. The first-order valence-electron chi connectivity index (χ1n) is 6.66. The first-order chi connectivity index (χ1) is 9.41. The Morgan fingerprint density at radius 1 is 1.29 bits per heavy atom. The Morgan fingerprint density at radius 2 is 1.86 bits per heavy atom. The molecule has 21 heavy (non-hydrogen) atoms. The van der Waals surface area contributed by atoms with Crippen molar-refractivity contribution >= 4 is 22.0 Å². The quantitative estimate of drug-likeness (QED) is 0.484. The van der Waals surface area contributed by atoms with Crippen LogP contribution >= 0.6 is 0 Å². The molecule has 8 nitrogen and oxygen atoms in total. The highest BCUT2D eigenvalue weighted by atomic mass is 32.2. The molecule has 0 aromatic rings. The van der Waals surface area contributed by atoms with E-state index in [-0.39, 0.29) is 19.0 Å². The van der Waals surface area contributed by atoms with Crippen LogP contribution in [0.5, 0.6) is 0 Å². The summed E-state index contributed by atoms with van der Waals surface area (Å²) in [6.45, 7) is 5.23. The molecule has 0 aromatic carbocycles. The van der Waals surface area contributed by atoms with Gasteiger partial charge in [0.25, 0.3) is 0 Å². The molecular weight excluding hydrogens is 298 g/mol. The molecule has 0 radical (unpaired) electrons. The van der Waals surface area contributed by atoms with Gasteiger partial charge in [-0.05, 0) is 33.6 Å². The van der Waals surface area contributed by atoms with Crippen LogP contribution in [0, 0.1) is 0 Å². The number of carboxylic acids is 1. The number of amides is 2. The van der Waals surface area contributed by atoms with Gasteiger partial charge in [-0.25, -0.2) is 17.9 Å². The maximum absolute atomic E-state index is 11.6. The second kappa shape index (κ2) is 8.18. The van der Waals surface area contributed by atoms with Gasteiger partial charge in [0, 0.05) is 24.5 Å². The van der Waals surface area contributed by atoms with Crippen LogP contribution < -0.4 is 15.4 Å². The zero-order valence-corrected chi connectivity index (χ0v) is 13.7. The molecular formula is C12H25N3O5S. The third kappa shape index (κ3) is 12.1. The number of carbonyl (C=O) groups is 2. The Labute approximate surface area is 125 Å². The van der Waals surface area contributed by atoms with Crippen molar-refractivity contribution in [1.82, 2.24) is 15.4 Å². The molecule has 0 aromatic heterocycles. The zero-order chi connectivity index (χ0) is 16.7. The summed E-state index contributed by atoms with van der Waals surface area (Å²) in [6.07, 6.45) is 2.17. The lowest BCUT2D eigenvalue weighted by Gasteiger charge is -2.25. The summed E-state index contributed by atoms with van der Waals surface area (Å²) in [7, 11) is -3.35. The predicted octanol–water partition coefficient (Wildman–Crippen LogP) is 0.257. The summed E-state index contributed by atoms with van der Waals surface area (Å²) in [5.74, 6) is -0.861. The van der Waals surface area contributed by atoms with Crippen LogP contribution in [-0.4, -0.2) is 49.9 Å². The van der Waals surface area contributed by atoms with Crippen LogP contribution in [0.4, 0.5) is 4.79 Å². The summed E-state index contributed by atoms with van der Waals surface area (Å²) in [6, 6.07) is -0.573. The van der Waals surface area contributed by atoms with Crippen molar-refractivity contribution in [3.05, 3.63) is 0 Å². The Bertz CT molecular complexity index is 462. The van der Waals surface area contributed by atoms with Crippen molar-refractivity contribution in [2.45, 2.75) is 51.6 Å². The molecule has 0 spiro atoms. The topological polar surface area (TPSA) is 125 Å². The molecule has 0 aliphatic heterocycles. The van der Waals surface area contributed by atoms with Gasteiger partial charge in [0.05, 0.1) is 6.26 Å². The van der Waals surface area contributed by atoms with Gasteiger partial charge in [-0.3, -0.25) is 4.79 Å². The van der Waals surface area contributed by atoms with E-state index < -0.39 is 27.6 Å². The van der Waals surface area contributed by atoms with Gasteiger partial charge in [0.15, 0.2) is 0 Å². The maximum atomic E-state index is 11.6. The fraction of sp³-hybridized carbons (Fsp3) is 0.833. The molecule has 9 heteroatoms. The van der Waals surface area contributed by atoms with Crippen LogP contribution in [0.2, 0.25) is 0 Å². The highest BCUT2D eigenvalue weighted by molar-refractivity contribution is 7.88. The van der Waals surface area contributed by atoms with E-state index in [1.807, 2.05) is 0 Å². The van der Waals surface area contributed by atoms with E-state index in [1.165, 1.54) is 0 Å². The summed E-state index contributed by atoms with van der Waals surface area (Å²) in [5, 5.41) is 13.8. The highest BCUT2D eigenvalue weighted by Crippen LogP contribution is 2.03. The molecule has 2 amide bonds. The minimum Gasteiger partial charge on any atom is -0.481 e. The van der Waals surface area contributed by atoms with Gasteiger partial charge >= 0.3 is 12.0 Å². The standard InChI is InChI=1S/C12H25N3O5S/c1-9(6-5-7-10(16)17)14-11(18)13-8-12(2,3)15-21(4,19)20/h9,15H,5-8H2,1-4H3,(H,16,17)(H2,13,14,18). The molecule has 0 aliphatic rings. The Morgan fingerprint density at radius 3 is 2.33 bits per heavy atom. The van der Waals surface area contributed by atoms with Gasteiger partial charge in [-0.2, -0.15) is 0 Å². The Hall–Kier alpha value is -1.35. The molecule has 4 N–H and O–H groups in total. The SMILES string of the molecule is CC(CCCC(=O)O)NC(=O)NCC(C)(C)NS(C)(=O)=O. The van der Waals surface area contributed by atoms with Crippen LogP contribution in [0.15, 0.2) is 0 Å². The van der Waals surface area contributed by atoms with Gasteiger partial charge in [-0.15, -0.1) is 0 Å². The zero-order valence-electron chi connectivity index (χ0n) is 12.9. The summed E-state index contributed by atoms with van der Waals surface area (Å²) in [5.41, 5.74) is -0.794. The van der Waals surface area contributed by atoms with E-state index in [0.29, 0.717) is 12.8 Å². The Balaban J connectivity index is 4.06. The molecule has 0 bridgehead atoms. The number of urea groups is 1. The van der Waals surface area contributed by atoms with E-state index in [1.54, 1.807) is 20.8 Å². The van der Waals surface area contributed by atoms with Crippen molar-refractivity contribution in [2.24, 2.45) is 0 Å². The van der Waals surface area contributed by atoms with Gasteiger partial charge in [-0.1, -0.05) is 0 Å². The minimum absolute atomic E-state index is 0.0684. The first kappa shape index (κ1) is 19.7. The van der Waals surface area contributed by atoms with E-state index in [9.17, 15) is 18.0 Å². The lowest BCUT2D eigenvalue weighted by Crippen LogP contribution is -2.53. The average Bonchev–Trinajstić information content (AvgIpc) is 2.22. The highest BCUT2D eigenvalue weighted by Gasteiger charge is 2.22. The van der Waals surface area contributed by atoms with Crippen LogP contribution in [0.25, 0.3) is 0 Å². The van der Waals surface area contributed by atoms with E-state index in [2.05, 4.69) is 15.4 Å².